The maximum absolute atomic E-state index is 5.63. The quantitative estimate of drug-likeness (QED) is 0.510. The second-order valence-corrected chi connectivity index (χ2v) is 7.55. The number of hydrogen-bond acceptors (Lipinski definition) is 4. The number of hydrogen-bond donors (Lipinski definition) is 0. The van der Waals surface area contributed by atoms with Crippen molar-refractivity contribution in [3.63, 3.8) is 0 Å². The Morgan fingerprint density at radius 1 is 0.923 bits per heavy atom. The van der Waals surface area contributed by atoms with Crippen molar-refractivity contribution in [3.8, 4) is 11.8 Å². The van der Waals surface area contributed by atoms with Crippen molar-refractivity contribution in [3.05, 3.63) is 0 Å². The van der Waals surface area contributed by atoms with Crippen molar-refractivity contribution < 1.29 is 4.74 Å². The Labute approximate surface area is 163 Å². The lowest BCUT2D eigenvalue weighted by Gasteiger charge is -2.38. The first-order chi connectivity index (χ1) is 12.7. The molecule has 4 nitrogen and oxygen atoms in total. The van der Waals surface area contributed by atoms with Gasteiger partial charge in [0, 0.05) is 45.2 Å². The smallest absolute Gasteiger partial charge is 0.107 e. The van der Waals surface area contributed by atoms with Crippen LogP contribution in [0.4, 0.5) is 0 Å². The predicted octanol–water partition coefficient (Wildman–Crippen LogP) is 3.04. The fourth-order valence-corrected chi connectivity index (χ4v) is 3.61. The summed E-state index contributed by atoms with van der Waals surface area (Å²) in [4.78, 5) is 7.80. The molecule has 0 saturated carbocycles. The molecule has 0 N–H and O–H groups in total. The molecule has 2 aliphatic heterocycles. The van der Waals surface area contributed by atoms with Gasteiger partial charge in [0.25, 0.3) is 0 Å². The molecule has 0 unspecified atom stereocenters. The molecule has 2 saturated heterocycles. The lowest BCUT2D eigenvalue weighted by atomic mass is 9.96. The van der Waals surface area contributed by atoms with Gasteiger partial charge in [-0.3, -0.25) is 0 Å². The zero-order chi connectivity index (χ0) is 19.2. The van der Waals surface area contributed by atoms with Gasteiger partial charge in [0.15, 0.2) is 0 Å². The van der Waals surface area contributed by atoms with E-state index in [1.54, 1.807) is 0 Å². The monoisotopic (exact) mass is 365 g/mol. The molecule has 152 valence electrons. The van der Waals surface area contributed by atoms with Gasteiger partial charge in [-0.15, -0.1) is 0 Å². The SMILES string of the molecule is CC.CCN1CCN(CC2CCN(CCOCC#CC(C)C)CC2)CC1. The molecule has 2 rings (SSSR count). The Balaban J connectivity index is 0.00000163. The van der Waals surface area contributed by atoms with E-state index in [2.05, 4.69) is 47.3 Å². The van der Waals surface area contributed by atoms with Crippen molar-refractivity contribution in [2.45, 2.75) is 47.5 Å². The molecule has 0 aliphatic carbocycles. The average molecular weight is 366 g/mol. The van der Waals surface area contributed by atoms with E-state index in [0.29, 0.717) is 12.5 Å². The molecule has 0 aromatic rings. The van der Waals surface area contributed by atoms with Gasteiger partial charge in [-0.05, 0) is 38.4 Å². The summed E-state index contributed by atoms with van der Waals surface area (Å²) in [5, 5.41) is 0. The first-order valence-corrected chi connectivity index (χ1v) is 10.9. The Kier molecular flexibility index (Phi) is 13.0. The molecule has 26 heavy (non-hydrogen) atoms. The van der Waals surface area contributed by atoms with Gasteiger partial charge in [-0.2, -0.15) is 0 Å². The Hall–Kier alpha value is -0.600. The Bertz CT molecular complexity index is 386. The summed E-state index contributed by atoms with van der Waals surface area (Å²) in [6, 6.07) is 0. The Morgan fingerprint density at radius 2 is 1.54 bits per heavy atom. The number of piperazine rings is 1. The first kappa shape index (κ1) is 23.4. The van der Waals surface area contributed by atoms with Crippen LogP contribution in [0.3, 0.4) is 0 Å². The minimum absolute atomic E-state index is 0.442. The van der Waals surface area contributed by atoms with Crippen LogP contribution in [0.1, 0.15) is 47.5 Å². The van der Waals surface area contributed by atoms with E-state index < -0.39 is 0 Å². The number of rotatable bonds is 7. The normalized spacial score (nSPS) is 20.4. The lowest BCUT2D eigenvalue weighted by Crippen LogP contribution is -2.48. The fraction of sp³-hybridized carbons (Fsp3) is 0.909. The van der Waals surface area contributed by atoms with Gasteiger partial charge >= 0.3 is 0 Å². The Morgan fingerprint density at radius 3 is 2.12 bits per heavy atom. The topological polar surface area (TPSA) is 19.0 Å². The maximum Gasteiger partial charge on any atom is 0.107 e. The van der Waals surface area contributed by atoms with Crippen LogP contribution in [0, 0.1) is 23.7 Å². The van der Waals surface area contributed by atoms with E-state index in [4.69, 9.17) is 4.74 Å². The highest BCUT2D eigenvalue weighted by molar-refractivity contribution is 5.01. The molecule has 0 amide bonds. The van der Waals surface area contributed by atoms with Crippen molar-refractivity contribution in [2.75, 3.05) is 72.1 Å². The van der Waals surface area contributed by atoms with E-state index in [0.717, 1.165) is 19.1 Å². The molecule has 4 heteroatoms. The van der Waals surface area contributed by atoms with Gasteiger partial charge in [-0.25, -0.2) is 0 Å². The van der Waals surface area contributed by atoms with Crippen LogP contribution in [0.15, 0.2) is 0 Å². The second-order valence-electron chi connectivity index (χ2n) is 7.55. The highest BCUT2D eigenvalue weighted by Crippen LogP contribution is 2.19. The van der Waals surface area contributed by atoms with Gasteiger partial charge < -0.3 is 19.4 Å². The van der Waals surface area contributed by atoms with Gasteiger partial charge in [0.1, 0.15) is 6.61 Å². The number of likely N-dealkylation sites (tertiary alicyclic amines) is 1. The fourth-order valence-electron chi connectivity index (χ4n) is 3.61. The first-order valence-electron chi connectivity index (χ1n) is 10.9. The summed E-state index contributed by atoms with van der Waals surface area (Å²) in [6.07, 6.45) is 2.70. The van der Waals surface area contributed by atoms with E-state index in [1.165, 1.54) is 65.2 Å². The summed E-state index contributed by atoms with van der Waals surface area (Å²) in [6.45, 7) is 23.0. The van der Waals surface area contributed by atoms with E-state index in [9.17, 15) is 0 Å². The third-order valence-electron chi connectivity index (χ3n) is 5.25. The molecule has 2 fully saturated rings. The summed E-state index contributed by atoms with van der Waals surface area (Å²) in [5.41, 5.74) is 0. The molecule has 0 spiro atoms. The number of ether oxygens (including phenoxy) is 1. The van der Waals surface area contributed by atoms with Crippen LogP contribution in [0.25, 0.3) is 0 Å². The summed E-state index contributed by atoms with van der Waals surface area (Å²) >= 11 is 0. The van der Waals surface area contributed by atoms with Crippen LogP contribution in [0.2, 0.25) is 0 Å². The molecule has 0 atom stereocenters. The zero-order valence-corrected chi connectivity index (χ0v) is 18.1. The van der Waals surface area contributed by atoms with Crippen LogP contribution >= 0.6 is 0 Å². The molecule has 2 aliphatic rings. The number of piperidine rings is 1. The molecule has 0 aromatic heterocycles. The third-order valence-corrected chi connectivity index (χ3v) is 5.25. The minimum Gasteiger partial charge on any atom is -0.367 e. The summed E-state index contributed by atoms with van der Waals surface area (Å²) in [5.74, 6) is 7.56. The maximum atomic E-state index is 5.63. The number of likely N-dealkylation sites (N-methyl/N-ethyl adjacent to an activating group) is 1. The van der Waals surface area contributed by atoms with Gasteiger partial charge in [-0.1, -0.05) is 46.5 Å². The van der Waals surface area contributed by atoms with E-state index in [1.807, 2.05) is 13.8 Å². The molecule has 0 bridgehead atoms. The average Bonchev–Trinajstić information content (AvgIpc) is 2.68. The summed E-state index contributed by atoms with van der Waals surface area (Å²) < 4.78 is 5.63. The van der Waals surface area contributed by atoms with E-state index in [-0.39, 0.29) is 0 Å². The van der Waals surface area contributed by atoms with Crippen LogP contribution in [-0.2, 0) is 4.74 Å². The lowest BCUT2D eigenvalue weighted by molar-refractivity contribution is 0.0811. The van der Waals surface area contributed by atoms with Crippen LogP contribution < -0.4 is 0 Å². The van der Waals surface area contributed by atoms with Crippen molar-refractivity contribution in [1.29, 1.82) is 0 Å². The molecular weight excluding hydrogens is 322 g/mol. The second kappa shape index (κ2) is 14.5. The molecular formula is C22H43N3O. The molecule has 0 radical (unpaired) electrons. The van der Waals surface area contributed by atoms with E-state index >= 15 is 0 Å². The highest BCUT2D eigenvalue weighted by atomic mass is 16.5. The number of nitrogens with zero attached hydrogens (tertiary/aromatic N) is 3. The van der Waals surface area contributed by atoms with Gasteiger partial charge in [0.05, 0.1) is 6.61 Å². The molecule has 2 heterocycles. The van der Waals surface area contributed by atoms with Crippen molar-refractivity contribution in [2.24, 2.45) is 11.8 Å². The van der Waals surface area contributed by atoms with Crippen molar-refractivity contribution >= 4 is 0 Å². The highest BCUT2D eigenvalue weighted by Gasteiger charge is 2.23. The zero-order valence-electron chi connectivity index (χ0n) is 18.1. The minimum atomic E-state index is 0.442. The van der Waals surface area contributed by atoms with Crippen molar-refractivity contribution in [1.82, 2.24) is 14.7 Å². The summed E-state index contributed by atoms with van der Waals surface area (Å²) in [7, 11) is 0. The van der Waals surface area contributed by atoms with Crippen LogP contribution in [0.5, 0.6) is 0 Å². The standard InChI is InChI=1S/C20H37N3O.C2H6/c1-4-21-11-13-23(14-12-21)18-20-7-9-22(10-8-20)15-17-24-16-5-6-19(2)3;1-2/h19-20H,4,7-18H2,1-3H3;1-2H3. The van der Waals surface area contributed by atoms with Gasteiger partial charge in [0.2, 0.25) is 0 Å². The largest absolute Gasteiger partial charge is 0.367 e. The van der Waals surface area contributed by atoms with Crippen LogP contribution in [-0.4, -0.2) is 86.8 Å². The molecule has 0 aromatic carbocycles. The predicted molar refractivity (Wildman–Crippen MR) is 112 cm³/mol. The third kappa shape index (κ3) is 9.92.